The molecular weight excluding hydrogens is 306 g/mol. The molecule has 0 aliphatic carbocycles. The molecule has 18 heavy (non-hydrogen) atoms. The Balaban J connectivity index is 3.28. The average Bonchev–Trinajstić information content (AvgIpc) is 2.32. The van der Waals surface area contributed by atoms with E-state index in [1.54, 1.807) is 0 Å². The second-order valence-corrected chi connectivity index (χ2v) is 5.20. The fourth-order valence-corrected chi connectivity index (χ4v) is 2.31. The monoisotopic (exact) mass is 322 g/mol. The number of hydrogen-bond acceptors (Lipinski definition) is 3. The van der Waals surface area contributed by atoms with Crippen LogP contribution < -0.4 is 11.3 Å². The molecule has 0 fully saturated rings. The molecule has 3 N–H and O–H groups in total. The molecule has 0 saturated heterocycles. The van der Waals surface area contributed by atoms with Crippen LogP contribution in [0.5, 0.6) is 0 Å². The van der Waals surface area contributed by atoms with Gasteiger partial charge in [0.2, 0.25) is 0 Å². The highest BCUT2D eigenvalue weighted by Crippen LogP contribution is 2.31. The van der Waals surface area contributed by atoms with Gasteiger partial charge in [-0.3, -0.25) is 11.3 Å². The van der Waals surface area contributed by atoms with Gasteiger partial charge in [-0.25, -0.2) is 8.78 Å². The van der Waals surface area contributed by atoms with Crippen LogP contribution in [0, 0.1) is 17.6 Å². The van der Waals surface area contributed by atoms with E-state index in [2.05, 4.69) is 21.4 Å². The molecule has 0 saturated carbocycles. The van der Waals surface area contributed by atoms with E-state index in [1.165, 1.54) is 19.2 Å². The number of hydrazine groups is 1. The number of nitrogens with one attached hydrogen (secondary N) is 1. The van der Waals surface area contributed by atoms with Crippen LogP contribution in [0.1, 0.15) is 25.5 Å². The maximum atomic E-state index is 14.0. The lowest BCUT2D eigenvalue weighted by Gasteiger charge is -2.29. The van der Waals surface area contributed by atoms with Gasteiger partial charge in [0.25, 0.3) is 0 Å². The Bertz CT molecular complexity index is 415. The van der Waals surface area contributed by atoms with Gasteiger partial charge in [0.1, 0.15) is 11.6 Å². The number of methoxy groups -OCH3 is 1. The number of benzene rings is 1. The quantitative estimate of drug-likeness (QED) is 0.498. The van der Waals surface area contributed by atoms with Crippen LogP contribution in [0.25, 0.3) is 0 Å². The first kappa shape index (κ1) is 15.5. The summed E-state index contributed by atoms with van der Waals surface area (Å²) >= 11 is 3.03. The lowest BCUT2D eigenvalue weighted by atomic mass is 9.93. The average molecular weight is 323 g/mol. The number of hydrogen-bond donors (Lipinski definition) is 2. The molecule has 3 nitrogen and oxygen atoms in total. The minimum absolute atomic E-state index is 0.0498. The van der Waals surface area contributed by atoms with Crippen LogP contribution in [0.15, 0.2) is 16.6 Å². The predicted octanol–water partition coefficient (Wildman–Crippen LogP) is 2.90. The lowest BCUT2D eigenvalue weighted by molar-refractivity contribution is 0.0305. The molecule has 0 heterocycles. The molecule has 1 aromatic carbocycles. The first-order chi connectivity index (χ1) is 8.43. The maximum absolute atomic E-state index is 14.0. The Morgan fingerprint density at radius 2 is 1.94 bits per heavy atom. The molecule has 2 unspecified atom stereocenters. The molecule has 0 aromatic heterocycles. The van der Waals surface area contributed by atoms with Gasteiger partial charge < -0.3 is 4.74 Å². The van der Waals surface area contributed by atoms with E-state index < -0.39 is 23.8 Å². The number of rotatable bonds is 5. The van der Waals surface area contributed by atoms with Crippen LogP contribution >= 0.6 is 15.9 Å². The largest absolute Gasteiger partial charge is 0.379 e. The van der Waals surface area contributed by atoms with E-state index in [-0.39, 0.29) is 16.0 Å². The molecule has 0 spiro atoms. The highest BCUT2D eigenvalue weighted by Gasteiger charge is 2.30. The van der Waals surface area contributed by atoms with Crippen molar-refractivity contribution in [3.05, 3.63) is 33.8 Å². The molecule has 102 valence electrons. The normalized spacial score (nSPS) is 14.9. The molecular formula is C12H17BrF2N2O. The van der Waals surface area contributed by atoms with Crippen molar-refractivity contribution in [1.82, 2.24) is 5.43 Å². The van der Waals surface area contributed by atoms with Crippen LogP contribution in [0.2, 0.25) is 0 Å². The smallest absolute Gasteiger partial charge is 0.145 e. The van der Waals surface area contributed by atoms with Gasteiger partial charge >= 0.3 is 0 Å². The summed E-state index contributed by atoms with van der Waals surface area (Å²) in [6, 6.07) is 1.76. The van der Waals surface area contributed by atoms with Crippen molar-refractivity contribution in [3.8, 4) is 0 Å². The molecule has 1 aromatic rings. The molecule has 0 amide bonds. The minimum Gasteiger partial charge on any atom is -0.379 e. The molecule has 0 bridgehead atoms. The third-order valence-electron chi connectivity index (χ3n) is 2.83. The summed E-state index contributed by atoms with van der Waals surface area (Å²) in [6.45, 7) is 3.79. The lowest BCUT2D eigenvalue weighted by Crippen LogP contribution is -2.41. The van der Waals surface area contributed by atoms with E-state index >= 15 is 0 Å². The Hall–Kier alpha value is -0.560. The summed E-state index contributed by atoms with van der Waals surface area (Å²) in [4.78, 5) is 0. The third kappa shape index (κ3) is 3.06. The number of nitrogens with two attached hydrogens (primary N) is 1. The molecule has 2 atom stereocenters. The van der Waals surface area contributed by atoms with Crippen molar-refractivity contribution >= 4 is 15.9 Å². The van der Waals surface area contributed by atoms with E-state index in [0.717, 1.165) is 0 Å². The maximum Gasteiger partial charge on any atom is 0.145 e. The van der Waals surface area contributed by atoms with Crippen molar-refractivity contribution in [2.24, 2.45) is 11.8 Å². The van der Waals surface area contributed by atoms with Crippen molar-refractivity contribution < 1.29 is 13.5 Å². The summed E-state index contributed by atoms with van der Waals surface area (Å²) in [5.41, 5.74) is 2.32. The summed E-state index contributed by atoms with van der Waals surface area (Å²) in [6.07, 6.45) is -0.437. The predicted molar refractivity (Wildman–Crippen MR) is 69.8 cm³/mol. The zero-order valence-corrected chi connectivity index (χ0v) is 12.1. The topological polar surface area (TPSA) is 47.3 Å². The Labute approximate surface area is 114 Å². The molecule has 6 heteroatoms. The Kier molecular flexibility index (Phi) is 5.65. The van der Waals surface area contributed by atoms with Crippen molar-refractivity contribution in [1.29, 1.82) is 0 Å². The first-order valence-electron chi connectivity index (χ1n) is 5.56. The SMILES string of the molecule is COC(C(C)C)C(NN)c1c(F)ccc(Br)c1F. The van der Waals surface area contributed by atoms with E-state index in [0.29, 0.717) is 0 Å². The Morgan fingerprint density at radius 1 is 1.33 bits per heavy atom. The third-order valence-corrected chi connectivity index (χ3v) is 3.44. The van der Waals surface area contributed by atoms with E-state index in [4.69, 9.17) is 10.6 Å². The number of halogens is 3. The standard InChI is InChI=1S/C12H17BrF2N2O/c1-6(2)12(18-3)11(17-16)9-8(14)5-4-7(13)10(9)15/h4-6,11-12,17H,16H2,1-3H3. The van der Waals surface area contributed by atoms with Gasteiger partial charge in [0.05, 0.1) is 16.6 Å². The van der Waals surface area contributed by atoms with Crippen molar-refractivity contribution in [2.45, 2.75) is 26.0 Å². The van der Waals surface area contributed by atoms with Crippen LogP contribution in [0.3, 0.4) is 0 Å². The molecule has 0 aliphatic rings. The second-order valence-electron chi connectivity index (χ2n) is 4.35. The fraction of sp³-hybridized carbons (Fsp3) is 0.500. The van der Waals surface area contributed by atoms with E-state index in [9.17, 15) is 8.78 Å². The number of ether oxygens (including phenoxy) is 1. The van der Waals surface area contributed by atoms with Gasteiger partial charge in [-0.05, 0) is 34.0 Å². The summed E-state index contributed by atoms with van der Waals surface area (Å²) in [5, 5.41) is 0. The van der Waals surface area contributed by atoms with E-state index in [1.807, 2.05) is 13.8 Å². The van der Waals surface area contributed by atoms with Crippen LogP contribution in [-0.2, 0) is 4.74 Å². The molecule has 0 aliphatic heterocycles. The van der Waals surface area contributed by atoms with Gasteiger partial charge in [-0.2, -0.15) is 0 Å². The van der Waals surface area contributed by atoms with Gasteiger partial charge in [-0.1, -0.05) is 13.8 Å². The molecule has 1 rings (SSSR count). The highest BCUT2D eigenvalue weighted by molar-refractivity contribution is 9.10. The Morgan fingerprint density at radius 3 is 2.39 bits per heavy atom. The van der Waals surface area contributed by atoms with Crippen molar-refractivity contribution in [2.75, 3.05) is 7.11 Å². The van der Waals surface area contributed by atoms with Crippen molar-refractivity contribution in [3.63, 3.8) is 0 Å². The molecule has 0 radical (unpaired) electrons. The van der Waals surface area contributed by atoms with Gasteiger partial charge in [0, 0.05) is 12.7 Å². The van der Waals surface area contributed by atoms with Gasteiger partial charge in [-0.15, -0.1) is 0 Å². The van der Waals surface area contributed by atoms with Gasteiger partial charge in [0.15, 0.2) is 0 Å². The fourth-order valence-electron chi connectivity index (χ4n) is 1.96. The minimum atomic E-state index is -0.757. The first-order valence-corrected chi connectivity index (χ1v) is 6.35. The van der Waals surface area contributed by atoms with Crippen LogP contribution in [0.4, 0.5) is 8.78 Å². The summed E-state index contributed by atoms with van der Waals surface area (Å²) in [5.74, 6) is 4.16. The summed E-state index contributed by atoms with van der Waals surface area (Å²) < 4.78 is 33.3. The summed E-state index contributed by atoms with van der Waals surface area (Å²) in [7, 11) is 1.49. The highest BCUT2D eigenvalue weighted by atomic mass is 79.9. The second kappa shape index (κ2) is 6.56. The zero-order chi connectivity index (χ0) is 13.9. The van der Waals surface area contributed by atoms with Crippen LogP contribution in [-0.4, -0.2) is 13.2 Å². The zero-order valence-electron chi connectivity index (χ0n) is 10.5.